The molecule has 0 aliphatic carbocycles. The number of nitrogens with one attached hydrogen (secondary N) is 2. The summed E-state index contributed by atoms with van der Waals surface area (Å²) in [5.41, 5.74) is 4.76. The number of anilines is 2. The maximum absolute atomic E-state index is 12.2. The first-order valence-electron chi connectivity index (χ1n) is 8.37. The van der Waals surface area contributed by atoms with Gasteiger partial charge in [-0.1, -0.05) is 35.4 Å². The number of rotatable bonds is 4. The van der Waals surface area contributed by atoms with E-state index in [1.807, 2.05) is 38.1 Å². The summed E-state index contributed by atoms with van der Waals surface area (Å²) in [6, 6.07) is 21.8. The third kappa shape index (κ3) is 4.36. The SMILES string of the molecule is Cc1ccc(C(=O)Nc2ccc(NC(=O)c3ccc(C)cc3)cc2)cc1. The lowest BCUT2D eigenvalue weighted by atomic mass is 10.1. The molecule has 4 nitrogen and oxygen atoms in total. The lowest BCUT2D eigenvalue weighted by molar-refractivity contribution is 0.101. The summed E-state index contributed by atoms with van der Waals surface area (Å²) in [7, 11) is 0. The summed E-state index contributed by atoms with van der Waals surface area (Å²) in [5, 5.41) is 5.69. The Morgan fingerprint density at radius 1 is 0.538 bits per heavy atom. The molecule has 0 atom stereocenters. The van der Waals surface area contributed by atoms with Crippen molar-refractivity contribution in [1.29, 1.82) is 0 Å². The van der Waals surface area contributed by atoms with Gasteiger partial charge in [-0.3, -0.25) is 9.59 Å². The molecule has 0 aromatic heterocycles. The van der Waals surface area contributed by atoms with Crippen molar-refractivity contribution in [2.75, 3.05) is 10.6 Å². The van der Waals surface area contributed by atoms with Crippen LogP contribution in [0.2, 0.25) is 0 Å². The van der Waals surface area contributed by atoms with Crippen LogP contribution in [0.25, 0.3) is 0 Å². The van der Waals surface area contributed by atoms with Gasteiger partial charge in [0.25, 0.3) is 11.8 Å². The van der Waals surface area contributed by atoms with Crippen molar-refractivity contribution in [3.8, 4) is 0 Å². The number of hydrogen-bond acceptors (Lipinski definition) is 2. The highest BCUT2D eigenvalue weighted by Crippen LogP contribution is 2.16. The van der Waals surface area contributed by atoms with E-state index in [2.05, 4.69) is 10.6 Å². The average Bonchev–Trinajstić information content (AvgIpc) is 2.64. The van der Waals surface area contributed by atoms with Gasteiger partial charge in [0.1, 0.15) is 0 Å². The predicted molar refractivity (Wildman–Crippen MR) is 105 cm³/mol. The zero-order valence-corrected chi connectivity index (χ0v) is 14.7. The minimum Gasteiger partial charge on any atom is -0.322 e. The summed E-state index contributed by atoms with van der Waals surface area (Å²) >= 11 is 0. The summed E-state index contributed by atoms with van der Waals surface area (Å²) in [4.78, 5) is 24.4. The van der Waals surface area contributed by atoms with Crippen LogP contribution in [-0.4, -0.2) is 11.8 Å². The van der Waals surface area contributed by atoms with Crippen LogP contribution in [0, 0.1) is 13.8 Å². The zero-order chi connectivity index (χ0) is 18.5. The molecule has 0 aliphatic heterocycles. The third-order valence-electron chi connectivity index (χ3n) is 4.03. The van der Waals surface area contributed by atoms with E-state index >= 15 is 0 Å². The van der Waals surface area contributed by atoms with Crippen molar-refractivity contribution in [2.24, 2.45) is 0 Å². The van der Waals surface area contributed by atoms with Gasteiger partial charge >= 0.3 is 0 Å². The third-order valence-corrected chi connectivity index (χ3v) is 4.03. The standard InChI is InChI=1S/C22H20N2O2/c1-15-3-7-17(8-4-15)21(25)23-19-11-13-20(14-12-19)24-22(26)18-9-5-16(2)6-10-18/h3-14H,1-2H3,(H,23,25)(H,24,26). The smallest absolute Gasteiger partial charge is 0.255 e. The quantitative estimate of drug-likeness (QED) is 0.714. The van der Waals surface area contributed by atoms with Crippen LogP contribution in [-0.2, 0) is 0 Å². The van der Waals surface area contributed by atoms with Crippen molar-refractivity contribution in [1.82, 2.24) is 0 Å². The monoisotopic (exact) mass is 344 g/mol. The number of amides is 2. The van der Waals surface area contributed by atoms with Gasteiger partial charge in [0.2, 0.25) is 0 Å². The van der Waals surface area contributed by atoms with Crippen molar-refractivity contribution in [3.05, 3.63) is 95.1 Å². The Balaban J connectivity index is 1.62. The Bertz CT molecular complexity index is 833. The molecule has 130 valence electrons. The van der Waals surface area contributed by atoms with Crippen LogP contribution >= 0.6 is 0 Å². The molecule has 0 fully saturated rings. The lowest BCUT2D eigenvalue weighted by Gasteiger charge is -2.08. The first-order valence-corrected chi connectivity index (χ1v) is 8.37. The molecule has 3 rings (SSSR count). The van der Waals surface area contributed by atoms with Gasteiger partial charge in [-0.25, -0.2) is 0 Å². The zero-order valence-electron chi connectivity index (χ0n) is 14.7. The highest BCUT2D eigenvalue weighted by atomic mass is 16.2. The van der Waals surface area contributed by atoms with Gasteiger partial charge in [-0.2, -0.15) is 0 Å². The second-order valence-electron chi connectivity index (χ2n) is 6.22. The van der Waals surface area contributed by atoms with E-state index in [4.69, 9.17) is 0 Å². The van der Waals surface area contributed by atoms with Gasteiger partial charge in [0.05, 0.1) is 0 Å². The fourth-order valence-corrected chi connectivity index (χ4v) is 2.45. The van der Waals surface area contributed by atoms with E-state index in [1.54, 1.807) is 48.5 Å². The molecule has 2 amide bonds. The molecule has 0 unspecified atom stereocenters. The summed E-state index contributed by atoms with van der Waals surface area (Å²) in [6.45, 7) is 3.95. The highest BCUT2D eigenvalue weighted by molar-refractivity contribution is 6.05. The van der Waals surface area contributed by atoms with E-state index in [0.717, 1.165) is 11.1 Å². The fourth-order valence-electron chi connectivity index (χ4n) is 2.45. The van der Waals surface area contributed by atoms with E-state index in [0.29, 0.717) is 22.5 Å². The molecule has 3 aromatic carbocycles. The maximum atomic E-state index is 12.2. The molecule has 0 saturated carbocycles. The molecule has 0 heterocycles. The highest BCUT2D eigenvalue weighted by Gasteiger charge is 2.07. The second-order valence-corrected chi connectivity index (χ2v) is 6.22. The van der Waals surface area contributed by atoms with Gasteiger partial charge in [0, 0.05) is 22.5 Å². The van der Waals surface area contributed by atoms with Crippen molar-refractivity contribution < 1.29 is 9.59 Å². The van der Waals surface area contributed by atoms with Crippen LogP contribution in [0.15, 0.2) is 72.8 Å². The maximum Gasteiger partial charge on any atom is 0.255 e. The Kier molecular flexibility index (Phi) is 5.13. The Morgan fingerprint density at radius 3 is 1.15 bits per heavy atom. The van der Waals surface area contributed by atoms with Crippen molar-refractivity contribution >= 4 is 23.2 Å². The molecule has 0 radical (unpaired) electrons. The van der Waals surface area contributed by atoms with E-state index in [1.165, 1.54) is 0 Å². The number of aryl methyl sites for hydroxylation is 2. The number of carbonyl (C=O) groups is 2. The van der Waals surface area contributed by atoms with Gasteiger partial charge in [-0.15, -0.1) is 0 Å². The summed E-state index contributed by atoms with van der Waals surface area (Å²) < 4.78 is 0. The number of benzene rings is 3. The van der Waals surface area contributed by atoms with Gasteiger partial charge in [-0.05, 0) is 62.4 Å². The van der Waals surface area contributed by atoms with Crippen molar-refractivity contribution in [2.45, 2.75) is 13.8 Å². The topological polar surface area (TPSA) is 58.2 Å². The van der Waals surface area contributed by atoms with Gasteiger partial charge in [0.15, 0.2) is 0 Å². The average molecular weight is 344 g/mol. The molecular formula is C22H20N2O2. The van der Waals surface area contributed by atoms with Crippen molar-refractivity contribution in [3.63, 3.8) is 0 Å². The van der Waals surface area contributed by atoms with Crippen LogP contribution in [0.4, 0.5) is 11.4 Å². The first-order chi connectivity index (χ1) is 12.5. The Morgan fingerprint density at radius 2 is 0.846 bits per heavy atom. The molecule has 3 aromatic rings. The summed E-state index contributed by atoms with van der Waals surface area (Å²) in [6.07, 6.45) is 0. The number of hydrogen-bond donors (Lipinski definition) is 2. The molecule has 0 saturated heterocycles. The Labute approximate surface area is 152 Å². The Hall–Kier alpha value is -3.40. The van der Waals surface area contributed by atoms with E-state index in [9.17, 15) is 9.59 Å². The first kappa shape index (κ1) is 17.4. The molecule has 2 N–H and O–H groups in total. The molecule has 26 heavy (non-hydrogen) atoms. The van der Waals surface area contributed by atoms with Crippen LogP contribution in [0.5, 0.6) is 0 Å². The predicted octanol–water partition coefficient (Wildman–Crippen LogP) is 4.81. The molecular weight excluding hydrogens is 324 g/mol. The normalized spacial score (nSPS) is 10.2. The van der Waals surface area contributed by atoms with Gasteiger partial charge < -0.3 is 10.6 Å². The van der Waals surface area contributed by atoms with Crippen LogP contribution in [0.3, 0.4) is 0 Å². The lowest BCUT2D eigenvalue weighted by Crippen LogP contribution is -2.13. The fraction of sp³-hybridized carbons (Fsp3) is 0.0909. The second kappa shape index (κ2) is 7.66. The van der Waals surface area contributed by atoms with Crippen LogP contribution in [0.1, 0.15) is 31.8 Å². The molecule has 0 aliphatic rings. The minimum absolute atomic E-state index is 0.165. The molecule has 0 spiro atoms. The van der Waals surface area contributed by atoms with E-state index in [-0.39, 0.29) is 11.8 Å². The van der Waals surface area contributed by atoms with E-state index < -0.39 is 0 Å². The van der Waals surface area contributed by atoms with Crippen LogP contribution < -0.4 is 10.6 Å². The molecule has 4 heteroatoms. The largest absolute Gasteiger partial charge is 0.322 e. The minimum atomic E-state index is -0.165. The molecule has 0 bridgehead atoms. The number of carbonyl (C=O) groups excluding carboxylic acids is 2. The summed E-state index contributed by atoms with van der Waals surface area (Å²) in [5.74, 6) is -0.331.